The van der Waals surface area contributed by atoms with Crippen LogP contribution in [0.25, 0.3) is 11.1 Å². The van der Waals surface area contributed by atoms with Gasteiger partial charge in [-0.05, 0) is 47.7 Å². The molecule has 2 aromatic carbocycles. The molecular weight excluding hydrogens is 350 g/mol. The number of benzene rings is 1. The van der Waals surface area contributed by atoms with E-state index in [-0.39, 0.29) is 24.5 Å². The van der Waals surface area contributed by atoms with Crippen molar-refractivity contribution in [2.75, 3.05) is 13.9 Å². The zero-order chi connectivity index (χ0) is 19.1. The molecule has 0 saturated heterocycles. The summed E-state index contributed by atoms with van der Waals surface area (Å²) in [6.07, 6.45) is 1.23. The molecule has 140 valence electrons. The highest BCUT2D eigenvalue weighted by molar-refractivity contribution is 5.83. The molecule has 1 aliphatic carbocycles. The lowest BCUT2D eigenvalue weighted by molar-refractivity contribution is -0.119. The first-order valence-electron chi connectivity index (χ1n) is 8.63. The van der Waals surface area contributed by atoms with E-state index in [4.69, 9.17) is 14.2 Å². The van der Waals surface area contributed by atoms with Crippen LogP contribution in [-0.4, -0.2) is 24.9 Å². The topological polar surface area (TPSA) is 94.1 Å². The smallest absolute Gasteiger partial charge is 0.231 e. The monoisotopic (exact) mass is 369 g/mol. The normalized spacial score (nSPS) is 16.7. The van der Waals surface area contributed by atoms with E-state index in [9.17, 15) is 14.7 Å². The van der Waals surface area contributed by atoms with Gasteiger partial charge in [0.1, 0.15) is 0 Å². The molecule has 0 spiro atoms. The number of aromatic hydroxyl groups is 1. The molecule has 1 atom stereocenters. The van der Waals surface area contributed by atoms with E-state index in [2.05, 4.69) is 5.32 Å². The lowest BCUT2D eigenvalue weighted by Crippen LogP contribution is -2.26. The van der Waals surface area contributed by atoms with Crippen molar-refractivity contribution in [1.82, 2.24) is 5.32 Å². The predicted molar refractivity (Wildman–Crippen MR) is 97.4 cm³/mol. The largest absolute Gasteiger partial charge is 0.504 e. The van der Waals surface area contributed by atoms with Gasteiger partial charge in [-0.1, -0.05) is 6.07 Å². The van der Waals surface area contributed by atoms with Crippen LogP contribution < -0.4 is 25.0 Å². The van der Waals surface area contributed by atoms with E-state index < -0.39 is 5.43 Å². The van der Waals surface area contributed by atoms with Gasteiger partial charge in [-0.3, -0.25) is 9.59 Å². The van der Waals surface area contributed by atoms with Gasteiger partial charge in [-0.25, -0.2) is 0 Å². The van der Waals surface area contributed by atoms with Gasteiger partial charge in [-0.15, -0.1) is 0 Å². The summed E-state index contributed by atoms with van der Waals surface area (Å²) in [6.45, 7) is 1.51. The molecule has 7 heteroatoms. The van der Waals surface area contributed by atoms with Crippen LogP contribution in [0.5, 0.6) is 23.0 Å². The molecule has 0 aromatic heterocycles. The third-order valence-electron chi connectivity index (χ3n) is 4.89. The highest BCUT2D eigenvalue weighted by atomic mass is 16.7. The Hall–Kier alpha value is -3.22. The second-order valence-electron chi connectivity index (χ2n) is 6.57. The van der Waals surface area contributed by atoms with Crippen LogP contribution in [0.3, 0.4) is 0 Å². The van der Waals surface area contributed by atoms with Crippen molar-refractivity contribution >= 4 is 5.91 Å². The fourth-order valence-corrected chi connectivity index (χ4v) is 3.73. The first-order chi connectivity index (χ1) is 13.0. The molecule has 0 bridgehead atoms. The van der Waals surface area contributed by atoms with Crippen LogP contribution in [0.15, 0.2) is 29.1 Å². The predicted octanol–water partition coefficient (Wildman–Crippen LogP) is 2.28. The lowest BCUT2D eigenvalue weighted by Gasteiger charge is -2.17. The SMILES string of the molecule is COc1cc2c(c3c1OCO3)-c1ccc(O)c(=O)cc1C(NC(C)=O)CC2. The van der Waals surface area contributed by atoms with E-state index >= 15 is 0 Å². The molecule has 1 unspecified atom stereocenters. The van der Waals surface area contributed by atoms with Crippen LogP contribution in [0, 0.1) is 0 Å². The van der Waals surface area contributed by atoms with Gasteiger partial charge in [0.15, 0.2) is 17.2 Å². The van der Waals surface area contributed by atoms with Gasteiger partial charge in [-0.2, -0.15) is 0 Å². The minimum absolute atomic E-state index is 0.0730. The Balaban J connectivity index is 2.04. The van der Waals surface area contributed by atoms with E-state index in [1.54, 1.807) is 13.2 Å². The average molecular weight is 369 g/mol. The number of fused-ring (bicyclic) bond motifs is 5. The van der Waals surface area contributed by atoms with Crippen molar-refractivity contribution in [2.45, 2.75) is 25.8 Å². The van der Waals surface area contributed by atoms with Gasteiger partial charge in [0.2, 0.25) is 23.9 Å². The Morgan fingerprint density at radius 2 is 2.04 bits per heavy atom. The van der Waals surface area contributed by atoms with Gasteiger partial charge < -0.3 is 24.6 Å². The summed E-state index contributed by atoms with van der Waals surface area (Å²) < 4.78 is 16.7. The summed E-state index contributed by atoms with van der Waals surface area (Å²) in [7, 11) is 1.57. The summed E-state index contributed by atoms with van der Waals surface area (Å²) in [4.78, 5) is 24.0. The summed E-state index contributed by atoms with van der Waals surface area (Å²) in [5.41, 5.74) is 2.60. The summed E-state index contributed by atoms with van der Waals surface area (Å²) in [6, 6.07) is 5.96. The Morgan fingerprint density at radius 3 is 2.78 bits per heavy atom. The number of hydrogen-bond donors (Lipinski definition) is 2. The van der Waals surface area contributed by atoms with Crippen molar-refractivity contribution in [2.24, 2.45) is 0 Å². The Labute approximate surface area is 155 Å². The number of nitrogens with one attached hydrogen (secondary N) is 1. The number of rotatable bonds is 2. The first kappa shape index (κ1) is 17.2. The fraction of sp³-hybridized carbons (Fsp3) is 0.300. The van der Waals surface area contributed by atoms with Gasteiger partial charge in [0, 0.05) is 12.5 Å². The standard InChI is InChI=1S/C20H19NO6/c1-10(22)21-14-5-3-11-7-17(25-2)19-20(27-9-26-19)18(11)12-4-6-15(23)16(24)8-13(12)14/h4,6-8,14H,3,5,9H2,1-2H3,(H,21,22)(H,23,24). The number of hydrogen-bond acceptors (Lipinski definition) is 6. The molecule has 0 saturated carbocycles. The maximum absolute atomic E-state index is 12.2. The maximum Gasteiger partial charge on any atom is 0.231 e. The molecule has 0 fully saturated rings. The maximum atomic E-state index is 12.2. The quantitative estimate of drug-likeness (QED) is 0.844. The molecule has 7 nitrogen and oxygen atoms in total. The second kappa shape index (κ2) is 6.50. The fourth-order valence-electron chi connectivity index (χ4n) is 3.73. The molecule has 1 amide bonds. The summed E-state index contributed by atoms with van der Waals surface area (Å²) in [5, 5.41) is 12.8. The third kappa shape index (κ3) is 2.85. The zero-order valence-corrected chi connectivity index (χ0v) is 15.0. The summed E-state index contributed by atoms with van der Waals surface area (Å²) in [5.74, 6) is 1.09. The van der Waals surface area contributed by atoms with Crippen LogP contribution in [0.2, 0.25) is 0 Å². The lowest BCUT2D eigenvalue weighted by atomic mass is 9.95. The molecule has 2 aromatic rings. The molecule has 1 heterocycles. The molecular formula is C20H19NO6. The Bertz CT molecular complexity index is 1000. The molecule has 0 radical (unpaired) electrons. The highest BCUT2D eigenvalue weighted by Crippen LogP contribution is 2.52. The Morgan fingerprint density at radius 1 is 1.26 bits per heavy atom. The van der Waals surface area contributed by atoms with Gasteiger partial charge >= 0.3 is 0 Å². The van der Waals surface area contributed by atoms with E-state index in [0.717, 1.165) is 11.1 Å². The molecule has 1 aliphatic heterocycles. The third-order valence-corrected chi connectivity index (χ3v) is 4.89. The van der Waals surface area contributed by atoms with Crippen molar-refractivity contribution in [1.29, 1.82) is 0 Å². The van der Waals surface area contributed by atoms with Crippen LogP contribution in [0.4, 0.5) is 0 Å². The minimum atomic E-state index is -0.502. The first-order valence-corrected chi connectivity index (χ1v) is 8.63. The number of ether oxygens (including phenoxy) is 3. The molecule has 4 rings (SSSR count). The van der Waals surface area contributed by atoms with Crippen molar-refractivity contribution in [3.8, 4) is 34.1 Å². The average Bonchev–Trinajstić information content (AvgIpc) is 3.02. The highest BCUT2D eigenvalue weighted by Gasteiger charge is 2.31. The minimum Gasteiger partial charge on any atom is -0.504 e. The zero-order valence-electron chi connectivity index (χ0n) is 15.0. The molecule has 2 N–H and O–H groups in total. The number of methoxy groups -OCH3 is 1. The van der Waals surface area contributed by atoms with Gasteiger partial charge in [0.25, 0.3) is 0 Å². The van der Waals surface area contributed by atoms with Crippen molar-refractivity contribution < 1.29 is 24.1 Å². The van der Waals surface area contributed by atoms with Crippen molar-refractivity contribution in [3.05, 3.63) is 45.6 Å². The van der Waals surface area contributed by atoms with E-state index in [0.29, 0.717) is 41.2 Å². The molecule has 2 aliphatic rings. The molecule has 27 heavy (non-hydrogen) atoms. The van der Waals surface area contributed by atoms with Crippen LogP contribution in [0.1, 0.15) is 30.5 Å². The van der Waals surface area contributed by atoms with Crippen LogP contribution in [-0.2, 0) is 11.2 Å². The Kier molecular flexibility index (Phi) is 4.14. The summed E-state index contributed by atoms with van der Waals surface area (Å²) >= 11 is 0. The van der Waals surface area contributed by atoms with Gasteiger partial charge in [0.05, 0.1) is 13.2 Å². The van der Waals surface area contributed by atoms with E-state index in [1.807, 2.05) is 6.07 Å². The van der Waals surface area contributed by atoms with E-state index in [1.165, 1.54) is 19.1 Å². The number of amides is 1. The second-order valence-corrected chi connectivity index (χ2v) is 6.57. The van der Waals surface area contributed by atoms with Crippen molar-refractivity contribution in [3.63, 3.8) is 0 Å². The van der Waals surface area contributed by atoms with Crippen LogP contribution >= 0.6 is 0 Å². The number of carbonyl (C=O) groups excluding carboxylic acids is 1. The number of carbonyl (C=O) groups is 1. The number of aryl methyl sites for hydroxylation is 1.